The predicted octanol–water partition coefficient (Wildman–Crippen LogP) is 2.75. The van der Waals surface area contributed by atoms with Crippen molar-refractivity contribution in [3.05, 3.63) is 59.4 Å². The molecule has 3 rings (SSSR count). The molecular weight excluding hydrogens is 262 g/mol. The van der Waals surface area contributed by atoms with E-state index in [1.54, 1.807) is 16.7 Å². The minimum Gasteiger partial charge on any atom is -0.364 e. The third-order valence-electron chi connectivity index (χ3n) is 2.89. The number of aromatic nitrogens is 2. The van der Waals surface area contributed by atoms with Gasteiger partial charge in [0, 0.05) is 11.8 Å². The van der Waals surface area contributed by atoms with Crippen LogP contribution in [0, 0.1) is 0 Å². The zero-order valence-electron chi connectivity index (χ0n) is 9.88. The summed E-state index contributed by atoms with van der Waals surface area (Å²) in [6.07, 6.45) is 1.75. The highest BCUT2D eigenvalue weighted by Gasteiger charge is 2.19. The van der Waals surface area contributed by atoms with Crippen molar-refractivity contribution in [2.75, 3.05) is 0 Å². The Morgan fingerprint density at radius 1 is 1.16 bits per heavy atom. The van der Waals surface area contributed by atoms with E-state index in [-0.39, 0.29) is 0 Å². The number of hydrogen-bond acceptors (Lipinski definition) is 2. The van der Waals surface area contributed by atoms with Crippen LogP contribution in [-0.4, -0.2) is 15.3 Å². The van der Waals surface area contributed by atoms with Gasteiger partial charge in [0.2, 0.25) is 0 Å². The quantitative estimate of drug-likeness (QED) is 0.779. The molecule has 2 aromatic heterocycles. The maximum atomic E-state index is 11.7. The summed E-state index contributed by atoms with van der Waals surface area (Å²) in [6, 6.07) is 12.7. The number of pyridine rings is 1. The summed E-state index contributed by atoms with van der Waals surface area (Å²) in [5.74, 6) is -0.534. The van der Waals surface area contributed by atoms with Gasteiger partial charge in [0.15, 0.2) is 0 Å². The van der Waals surface area contributed by atoms with Crippen LogP contribution >= 0.6 is 11.6 Å². The molecule has 1 aromatic carbocycles. The lowest BCUT2D eigenvalue weighted by atomic mass is 10.1. The number of nitrogens with two attached hydrogens (primary N) is 1. The van der Waals surface area contributed by atoms with Crippen molar-refractivity contribution < 1.29 is 4.79 Å². The van der Waals surface area contributed by atoms with E-state index in [0.29, 0.717) is 27.6 Å². The standard InChI is InChI=1S/C14H10ClN3O/c15-10-6-2-1-5-9(10)12-13(14(16)19)18-8-4-3-7-11(18)17-12/h1-8H,(H2,16,19). The SMILES string of the molecule is NC(=O)c1c(-c2ccccc2Cl)nc2ccccn12. The smallest absolute Gasteiger partial charge is 0.268 e. The third-order valence-corrected chi connectivity index (χ3v) is 3.22. The molecule has 0 saturated carbocycles. The van der Waals surface area contributed by atoms with E-state index >= 15 is 0 Å². The molecule has 4 nitrogen and oxygen atoms in total. The number of rotatable bonds is 2. The average molecular weight is 272 g/mol. The third kappa shape index (κ3) is 1.86. The number of carbonyl (C=O) groups is 1. The van der Waals surface area contributed by atoms with Gasteiger partial charge in [-0.25, -0.2) is 4.98 Å². The average Bonchev–Trinajstić information content (AvgIpc) is 2.78. The first-order valence-corrected chi connectivity index (χ1v) is 6.08. The maximum Gasteiger partial charge on any atom is 0.268 e. The molecule has 0 aliphatic heterocycles. The highest BCUT2D eigenvalue weighted by atomic mass is 35.5. The molecule has 0 aliphatic rings. The molecule has 5 heteroatoms. The minimum atomic E-state index is -0.534. The second-order valence-corrected chi connectivity index (χ2v) is 4.49. The normalized spacial score (nSPS) is 10.8. The number of carbonyl (C=O) groups excluding carboxylic acids is 1. The molecule has 2 heterocycles. The molecule has 0 fully saturated rings. The van der Waals surface area contributed by atoms with Crippen LogP contribution in [0.2, 0.25) is 5.02 Å². The molecule has 2 N–H and O–H groups in total. The molecule has 0 atom stereocenters. The molecule has 3 aromatic rings. The Morgan fingerprint density at radius 2 is 1.89 bits per heavy atom. The zero-order chi connectivity index (χ0) is 13.4. The van der Waals surface area contributed by atoms with Crippen molar-refractivity contribution in [3.8, 4) is 11.3 Å². The summed E-state index contributed by atoms with van der Waals surface area (Å²) in [7, 11) is 0. The van der Waals surface area contributed by atoms with Gasteiger partial charge < -0.3 is 5.73 Å². The number of benzene rings is 1. The van der Waals surface area contributed by atoms with Gasteiger partial charge in [0.25, 0.3) is 5.91 Å². The predicted molar refractivity (Wildman–Crippen MR) is 74.2 cm³/mol. The topological polar surface area (TPSA) is 60.4 Å². The highest BCUT2D eigenvalue weighted by molar-refractivity contribution is 6.33. The lowest BCUT2D eigenvalue weighted by Crippen LogP contribution is -2.14. The summed E-state index contributed by atoms with van der Waals surface area (Å²) < 4.78 is 1.67. The number of imidazole rings is 1. The molecule has 0 aliphatic carbocycles. The van der Waals surface area contributed by atoms with Gasteiger partial charge in [0.05, 0.1) is 5.02 Å². The van der Waals surface area contributed by atoms with Crippen LogP contribution in [0.5, 0.6) is 0 Å². The fourth-order valence-electron chi connectivity index (χ4n) is 2.07. The summed E-state index contributed by atoms with van der Waals surface area (Å²) in [5.41, 5.74) is 7.66. The van der Waals surface area contributed by atoms with Crippen molar-refractivity contribution >= 4 is 23.2 Å². The Balaban J connectivity index is 2.38. The van der Waals surface area contributed by atoms with E-state index in [9.17, 15) is 4.79 Å². The van der Waals surface area contributed by atoms with Crippen molar-refractivity contribution in [2.24, 2.45) is 5.73 Å². The van der Waals surface area contributed by atoms with Crippen LogP contribution in [0.4, 0.5) is 0 Å². The molecular formula is C14H10ClN3O. The molecule has 1 amide bonds. The Labute approximate surface area is 114 Å². The molecule has 0 spiro atoms. The fourth-order valence-corrected chi connectivity index (χ4v) is 2.30. The van der Waals surface area contributed by atoms with Gasteiger partial charge in [-0.15, -0.1) is 0 Å². The molecule has 0 saturated heterocycles. The summed E-state index contributed by atoms with van der Waals surface area (Å²) in [4.78, 5) is 16.1. The largest absolute Gasteiger partial charge is 0.364 e. The van der Waals surface area contributed by atoms with E-state index in [1.165, 1.54) is 0 Å². The van der Waals surface area contributed by atoms with Crippen molar-refractivity contribution in [2.45, 2.75) is 0 Å². The van der Waals surface area contributed by atoms with Gasteiger partial charge in [0.1, 0.15) is 17.0 Å². The monoisotopic (exact) mass is 271 g/mol. The number of halogens is 1. The lowest BCUT2D eigenvalue weighted by molar-refractivity contribution is 0.0995. The molecule has 19 heavy (non-hydrogen) atoms. The maximum absolute atomic E-state index is 11.7. The number of nitrogens with zero attached hydrogens (tertiary/aromatic N) is 2. The van der Waals surface area contributed by atoms with E-state index in [1.807, 2.05) is 36.4 Å². The van der Waals surface area contributed by atoms with Crippen LogP contribution in [0.25, 0.3) is 16.9 Å². The van der Waals surface area contributed by atoms with Gasteiger partial charge in [-0.2, -0.15) is 0 Å². The molecule has 0 radical (unpaired) electrons. The van der Waals surface area contributed by atoms with Gasteiger partial charge in [-0.3, -0.25) is 9.20 Å². The van der Waals surface area contributed by atoms with E-state index in [2.05, 4.69) is 4.98 Å². The molecule has 94 valence electrons. The number of hydrogen-bond donors (Lipinski definition) is 1. The Bertz CT molecular complexity index is 779. The molecule has 0 unspecified atom stereocenters. The van der Waals surface area contributed by atoms with Crippen molar-refractivity contribution in [1.29, 1.82) is 0 Å². The second kappa shape index (κ2) is 4.40. The van der Waals surface area contributed by atoms with Crippen LogP contribution in [0.3, 0.4) is 0 Å². The summed E-state index contributed by atoms with van der Waals surface area (Å²) in [6.45, 7) is 0. The second-order valence-electron chi connectivity index (χ2n) is 4.08. The first-order chi connectivity index (χ1) is 9.18. The van der Waals surface area contributed by atoms with Crippen LogP contribution < -0.4 is 5.73 Å². The van der Waals surface area contributed by atoms with Gasteiger partial charge >= 0.3 is 0 Å². The fraction of sp³-hybridized carbons (Fsp3) is 0. The minimum absolute atomic E-state index is 0.337. The summed E-state index contributed by atoms with van der Waals surface area (Å²) >= 11 is 6.16. The van der Waals surface area contributed by atoms with E-state index < -0.39 is 5.91 Å². The Kier molecular flexibility index (Phi) is 2.72. The highest BCUT2D eigenvalue weighted by Crippen LogP contribution is 2.30. The van der Waals surface area contributed by atoms with Crippen molar-refractivity contribution in [3.63, 3.8) is 0 Å². The Hall–Kier alpha value is -2.33. The Morgan fingerprint density at radius 3 is 2.63 bits per heavy atom. The van der Waals surface area contributed by atoms with Crippen LogP contribution in [0.15, 0.2) is 48.7 Å². The van der Waals surface area contributed by atoms with Crippen LogP contribution in [0.1, 0.15) is 10.5 Å². The first-order valence-electron chi connectivity index (χ1n) is 5.70. The van der Waals surface area contributed by atoms with Gasteiger partial charge in [-0.05, 0) is 18.2 Å². The summed E-state index contributed by atoms with van der Waals surface area (Å²) in [5, 5.41) is 0.536. The van der Waals surface area contributed by atoms with E-state index in [0.717, 1.165) is 0 Å². The molecule has 0 bridgehead atoms. The first kappa shape index (κ1) is 11.7. The van der Waals surface area contributed by atoms with Crippen molar-refractivity contribution in [1.82, 2.24) is 9.38 Å². The number of fused-ring (bicyclic) bond motifs is 1. The lowest BCUT2D eigenvalue weighted by Gasteiger charge is -2.03. The van der Waals surface area contributed by atoms with E-state index in [4.69, 9.17) is 17.3 Å². The van der Waals surface area contributed by atoms with Crippen LogP contribution in [-0.2, 0) is 0 Å². The number of amides is 1. The zero-order valence-corrected chi connectivity index (χ0v) is 10.6. The number of primary amides is 1. The van der Waals surface area contributed by atoms with Gasteiger partial charge in [-0.1, -0.05) is 35.9 Å².